The van der Waals surface area contributed by atoms with Crippen LogP contribution in [0.5, 0.6) is 5.75 Å². The number of rotatable bonds is 5. The molecule has 4 heteroatoms. The molecule has 1 atom stereocenters. The minimum atomic E-state index is -0.802. The number of hydrogen-bond acceptors (Lipinski definition) is 2. The van der Waals surface area contributed by atoms with Crippen LogP contribution in [-0.4, -0.2) is 13.7 Å². The molecule has 2 nitrogen and oxygen atoms in total. The van der Waals surface area contributed by atoms with Gasteiger partial charge in [0, 0.05) is 5.56 Å². The second-order valence-corrected chi connectivity index (χ2v) is 4.87. The molecular formula is C17H19F2NO. The van der Waals surface area contributed by atoms with Crippen molar-refractivity contribution in [3.8, 4) is 5.75 Å². The SMILES string of the molecule is CCNC(c1cccc(OC)c1)c1ccc(C)c(F)c1F. The smallest absolute Gasteiger partial charge is 0.164 e. The van der Waals surface area contributed by atoms with Crippen molar-refractivity contribution < 1.29 is 13.5 Å². The van der Waals surface area contributed by atoms with Crippen molar-refractivity contribution in [3.63, 3.8) is 0 Å². The highest BCUT2D eigenvalue weighted by Gasteiger charge is 2.20. The third kappa shape index (κ3) is 3.22. The highest BCUT2D eigenvalue weighted by atomic mass is 19.2. The fourth-order valence-corrected chi connectivity index (χ4v) is 2.32. The predicted octanol–water partition coefficient (Wildman–Crippen LogP) is 3.98. The number of hydrogen-bond donors (Lipinski definition) is 1. The average molecular weight is 291 g/mol. The van der Waals surface area contributed by atoms with Crippen molar-refractivity contribution in [2.24, 2.45) is 0 Å². The Morgan fingerprint density at radius 2 is 1.90 bits per heavy atom. The van der Waals surface area contributed by atoms with Gasteiger partial charge < -0.3 is 10.1 Å². The molecule has 112 valence electrons. The first kappa shape index (κ1) is 15.4. The van der Waals surface area contributed by atoms with E-state index in [0.29, 0.717) is 23.4 Å². The maximum atomic E-state index is 14.3. The third-order valence-electron chi connectivity index (χ3n) is 3.45. The number of ether oxygens (including phenoxy) is 1. The molecule has 2 aromatic carbocycles. The molecule has 0 saturated carbocycles. The van der Waals surface area contributed by atoms with Crippen molar-refractivity contribution in [2.75, 3.05) is 13.7 Å². The minimum absolute atomic E-state index is 0.299. The van der Waals surface area contributed by atoms with E-state index in [4.69, 9.17) is 4.74 Å². The molecule has 1 N–H and O–H groups in total. The summed E-state index contributed by atoms with van der Waals surface area (Å²) in [5, 5.41) is 3.19. The Morgan fingerprint density at radius 3 is 2.57 bits per heavy atom. The van der Waals surface area contributed by atoms with Crippen molar-refractivity contribution in [2.45, 2.75) is 19.9 Å². The van der Waals surface area contributed by atoms with Gasteiger partial charge in [-0.1, -0.05) is 31.2 Å². The molecule has 21 heavy (non-hydrogen) atoms. The fraction of sp³-hybridized carbons (Fsp3) is 0.294. The van der Waals surface area contributed by atoms with E-state index in [1.54, 1.807) is 26.2 Å². The molecule has 0 amide bonds. The zero-order valence-electron chi connectivity index (χ0n) is 12.4. The average Bonchev–Trinajstić information content (AvgIpc) is 2.51. The highest BCUT2D eigenvalue weighted by Crippen LogP contribution is 2.28. The van der Waals surface area contributed by atoms with Crippen molar-refractivity contribution in [1.29, 1.82) is 0 Å². The van der Waals surface area contributed by atoms with Crippen molar-refractivity contribution in [1.82, 2.24) is 5.32 Å². The summed E-state index contributed by atoms with van der Waals surface area (Å²) in [6, 6.07) is 10.1. The third-order valence-corrected chi connectivity index (χ3v) is 3.45. The van der Waals surface area contributed by atoms with Crippen LogP contribution in [0.15, 0.2) is 36.4 Å². The van der Waals surface area contributed by atoms with E-state index in [-0.39, 0.29) is 0 Å². The second-order valence-electron chi connectivity index (χ2n) is 4.87. The molecule has 1 unspecified atom stereocenters. The number of benzene rings is 2. The zero-order chi connectivity index (χ0) is 15.4. The Balaban J connectivity index is 2.50. The van der Waals surface area contributed by atoms with E-state index in [1.807, 2.05) is 31.2 Å². The van der Waals surface area contributed by atoms with E-state index in [0.717, 1.165) is 5.56 Å². The lowest BCUT2D eigenvalue weighted by atomic mass is 9.96. The van der Waals surface area contributed by atoms with Crippen LogP contribution in [0.25, 0.3) is 0 Å². The lowest BCUT2D eigenvalue weighted by Gasteiger charge is -2.20. The Bertz CT molecular complexity index is 628. The van der Waals surface area contributed by atoms with Gasteiger partial charge in [0.25, 0.3) is 0 Å². The van der Waals surface area contributed by atoms with Crippen LogP contribution in [0, 0.1) is 18.6 Å². The maximum absolute atomic E-state index is 14.3. The molecule has 0 spiro atoms. The molecular weight excluding hydrogens is 272 g/mol. The maximum Gasteiger partial charge on any atom is 0.164 e. The van der Waals surface area contributed by atoms with Gasteiger partial charge in [0.05, 0.1) is 13.2 Å². The van der Waals surface area contributed by atoms with Crippen LogP contribution >= 0.6 is 0 Å². The van der Waals surface area contributed by atoms with Crippen LogP contribution in [-0.2, 0) is 0 Å². The minimum Gasteiger partial charge on any atom is -0.497 e. The van der Waals surface area contributed by atoms with Gasteiger partial charge in [-0.25, -0.2) is 8.78 Å². The van der Waals surface area contributed by atoms with Gasteiger partial charge in [0.2, 0.25) is 0 Å². The first-order valence-electron chi connectivity index (χ1n) is 6.90. The first-order valence-corrected chi connectivity index (χ1v) is 6.90. The van der Waals surface area contributed by atoms with Gasteiger partial charge >= 0.3 is 0 Å². The summed E-state index contributed by atoms with van der Waals surface area (Å²) in [6.07, 6.45) is 0. The zero-order valence-corrected chi connectivity index (χ0v) is 12.4. The van der Waals surface area contributed by atoms with Crippen molar-refractivity contribution in [3.05, 3.63) is 64.7 Å². The van der Waals surface area contributed by atoms with Crippen LogP contribution in [0.3, 0.4) is 0 Å². The van der Waals surface area contributed by atoms with Crippen LogP contribution < -0.4 is 10.1 Å². The number of nitrogens with one attached hydrogen (secondary N) is 1. The van der Waals surface area contributed by atoms with Gasteiger partial charge in [-0.15, -0.1) is 0 Å². The number of halogens is 2. The van der Waals surface area contributed by atoms with E-state index >= 15 is 0 Å². The van der Waals surface area contributed by atoms with Crippen LogP contribution in [0.2, 0.25) is 0 Å². The van der Waals surface area contributed by atoms with Gasteiger partial charge in [0.1, 0.15) is 5.75 Å². The van der Waals surface area contributed by atoms with E-state index in [1.165, 1.54) is 0 Å². The molecule has 0 aliphatic rings. The van der Waals surface area contributed by atoms with Gasteiger partial charge in [0.15, 0.2) is 11.6 Å². The molecule has 0 aliphatic carbocycles. The highest BCUT2D eigenvalue weighted by molar-refractivity contribution is 5.38. The molecule has 2 rings (SSSR count). The molecule has 0 heterocycles. The van der Waals surface area contributed by atoms with E-state index < -0.39 is 17.7 Å². The topological polar surface area (TPSA) is 21.3 Å². The predicted molar refractivity (Wildman–Crippen MR) is 79.6 cm³/mol. The summed E-state index contributed by atoms with van der Waals surface area (Å²) in [6.45, 7) is 4.11. The van der Waals surface area contributed by atoms with Gasteiger partial charge in [-0.3, -0.25) is 0 Å². The molecule has 0 aromatic heterocycles. The van der Waals surface area contributed by atoms with Gasteiger partial charge in [-0.2, -0.15) is 0 Å². The standard InChI is InChI=1S/C17H19F2NO/c1-4-20-17(12-6-5-7-13(10-12)21-3)14-9-8-11(2)15(18)16(14)19/h5-10,17,20H,4H2,1-3H3. The summed E-state index contributed by atoms with van der Waals surface area (Å²) >= 11 is 0. The lowest BCUT2D eigenvalue weighted by Crippen LogP contribution is -2.23. The molecule has 0 saturated heterocycles. The molecule has 0 radical (unpaired) electrons. The summed E-state index contributed by atoms with van der Waals surface area (Å²) in [4.78, 5) is 0. The molecule has 0 bridgehead atoms. The number of methoxy groups -OCH3 is 1. The second kappa shape index (κ2) is 6.68. The summed E-state index contributed by atoms with van der Waals surface area (Å²) in [5.41, 5.74) is 1.43. The Morgan fingerprint density at radius 1 is 1.14 bits per heavy atom. The van der Waals surface area contributed by atoms with E-state index in [9.17, 15) is 8.78 Å². The van der Waals surface area contributed by atoms with Crippen molar-refractivity contribution >= 4 is 0 Å². The monoisotopic (exact) mass is 291 g/mol. The van der Waals surface area contributed by atoms with E-state index in [2.05, 4.69) is 5.32 Å². The van der Waals surface area contributed by atoms with Crippen LogP contribution in [0.1, 0.15) is 29.7 Å². The summed E-state index contributed by atoms with van der Waals surface area (Å²) < 4.78 is 33.3. The first-order chi connectivity index (χ1) is 10.1. The Kier molecular flexibility index (Phi) is 4.91. The summed E-state index contributed by atoms with van der Waals surface area (Å²) in [5.74, 6) is -0.912. The summed E-state index contributed by atoms with van der Waals surface area (Å²) in [7, 11) is 1.58. The Hall–Kier alpha value is -1.94. The molecule has 2 aromatic rings. The molecule has 0 aliphatic heterocycles. The lowest BCUT2D eigenvalue weighted by molar-refractivity contribution is 0.413. The van der Waals surface area contributed by atoms with Crippen LogP contribution in [0.4, 0.5) is 8.78 Å². The Labute approximate surface area is 123 Å². The normalized spacial score (nSPS) is 12.2. The van der Waals surface area contributed by atoms with Gasteiger partial charge in [-0.05, 0) is 36.7 Å². The fourth-order valence-electron chi connectivity index (χ4n) is 2.32. The molecule has 0 fully saturated rings. The quantitative estimate of drug-likeness (QED) is 0.899. The number of aryl methyl sites for hydroxylation is 1. The largest absolute Gasteiger partial charge is 0.497 e.